The van der Waals surface area contributed by atoms with Gasteiger partial charge in [0.25, 0.3) is 0 Å². The first-order chi connectivity index (χ1) is 14.6. The molecular formula is C25H33ClN2O3. The van der Waals surface area contributed by atoms with Crippen LogP contribution >= 0.6 is 11.6 Å². The molecule has 0 radical (unpaired) electrons. The van der Waals surface area contributed by atoms with Gasteiger partial charge in [0.1, 0.15) is 11.8 Å². The largest absolute Gasteiger partial charge is 0.494 e. The van der Waals surface area contributed by atoms with Crippen molar-refractivity contribution in [2.45, 2.75) is 65.6 Å². The van der Waals surface area contributed by atoms with Crippen LogP contribution in [0.1, 0.15) is 51.7 Å². The molecule has 0 bridgehead atoms. The van der Waals surface area contributed by atoms with E-state index < -0.39 is 6.04 Å². The third-order valence-electron chi connectivity index (χ3n) is 4.79. The van der Waals surface area contributed by atoms with Gasteiger partial charge in [-0.25, -0.2) is 0 Å². The van der Waals surface area contributed by atoms with Crippen LogP contribution in [-0.4, -0.2) is 34.9 Å². The quantitative estimate of drug-likeness (QED) is 0.545. The molecule has 5 nitrogen and oxygen atoms in total. The lowest BCUT2D eigenvalue weighted by molar-refractivity contribution is -0.141. The van der Waals surface area contributed by atoms with Crippen molar-refractivity contribution in [3.63, 3.8) is 0 Å². The Balaban J connectivity index is 2.03. The van der Waals surface area contributed by atoms with Crippen LogP contribution in [-0.2, 0) is 16.1 Å². The predicted octanol–water partition coefficient (Wildman–Crippen LogP) is 5.14. The van der Waals surface area contributed by atoms with Crippen molar-refractivity contribution in [1.82, 2.24) is 10.2 Å². The maximum absolute atomic E-state index is 13.1. The first-order valence-corrected chi connectivity index (χ1v) is 11.0. The fourth-order valence-electron chi connectivity index (χ4n) is 3.06. The lowest BCUT2D eigenvalue weighted by atomic mass is 10.1. The Morgan fingerprint density at radius 1 is 1.10 bits per heavy atom. The van der Waals surface area contributed by atoms with Gasteiger partial charge in [0.15, 0.2) is 0 Å². The van der Waals surface area contributed by atoms with Gasteiger partial charge in [0, 0.05) is 23.5 Å². The number of halogens is 1. The molecule has 0 saturated carbocycles. The summed E-state index contributed by atoms with van der Waals surface area (Å²) in [5, 5.41) is 3.53. The molecule has 1 atom stereocenters. The van der Waals surface area contributed by atoms with Crippen LogP contribution in [0, 0.1) is 6.92 Å². The minimum Gasteiger partial charge on any atom is -0.494 e. The van der Waals surface area contributed by atoms with E-state index in [0.29, 0.717) is 18.1 Å². The van der Waals surface area contributed by atoms with E-state index in [9.17, 15) is 9.59 Å². The van der Waals surface area contributed by atoms with Crippen LogP contribution in [0.25, 0.3) is 0 Å². The number of carbonyl (C=O) groups excluding carboxylic acids is 2. The summed E-state index contributed by atoms with van der Waals surface area (Å²) < 4.78 is 5.73. The Bertz CT molecular complexity index is 875. The van der Waals surface area contributed by atoms with Crippen molar-refractivity contribution in [2.75, 3.05) is 6.61 Å². The van der Waals surface area contributed by atoms with E-state index in [2.05, 4.69) is 5.32 Å². The second-order valence-corrected chi connectivity index (χ2v) is 9.20. The molecule has 0 saturated heterocycles. The smallest absolute Gasteiger partial charge is 0.242 e. The number of nitrogens with zero attached hydrogens (tertiary/aromatic N) is 1. The van der Waals surface area contributed by atoms with Gasteiger partial charge in [0.2, 0.25) is 11.8 Å². The summed E-state index contributed by atoms with van der Waals surface area (Å²) in [6.07, 6.45) is 0.836. The summed E-state index contributed by atoms with van der Waals surface area (Å²) in [5.41, 5.74) is 1.59. The molecule has 168 valence electrons. The van der Waals surface area contributed by atoms with E-state index in [1.807, 2.05) is 70.2 Å². The highest BCUT2D eigenvalue weighted by Gasteiger charge is 2.28. The summed E-state index contributed by atoms with van der Waals surface area (Å²) in [6.45, 7) is 10.2. The molecule has 1 unspecified atom stereocenters. The van der Waals surface area contributed by atoms with Gasteiger partial charge in [-0.05, 0) is 64.8 Å². The van der Waals surface area contributed by atoms with E-state index >= 15 is 0 Å². The highest BCUT2D eigenvalue weighted by molar-refractivity contribution is 6.31. The molecule has 0 aliphatic rings. The van der Waals surface area contributed by atoms with E-state index in [-0.39, 0.29) is 30.3 Å². The van der Waals surface area contributed by atoms with Crippen molar-refractivity contribution in [3.05, 3.63) is 64.7 Å². The minimum atomic E-state index is -0.624. The predicted molar refractivity (Wildman–Crippen MR) is 125 cm³/mol. The number of rotatable bonds is 9. The van der Waals surface area contributed by atoms with Gasteiger partial charge >= 0.3 is 0 Å². The molecule has 0 heterocycles. The Kier molecular flexibility index (Phi) is 8.93. The minimum absolute atomic E-state index is 0.107. The fraction of sp³-hybridized carbons (Fsp3) is 0.440. The summed E-state index contributed by atoms with van der Waals surface area (Å²) in [4.78, 5) is 27.4. The van der Waals surface area contributed by atoms with Crippen LogP contribution in [0.3, 0.4) is 0 Å². The van der Waals surface area contributed by atoms with Crippen molar-refractivity contribution >= 4 is 23.4 Å². The Morgan fingerprint density at radius 2 is 1.74 bits per heavy atom. The van der Waals surface area contributed by atoms with Crippen LogP contribution in [0.2, 0.25) is 5.02 Å². The third-order valence-corrected chi connectivity index (χ3v) is 5.16. The first kappa shape index (κ1) is 24.7. The molecule has 0 fully saturated rings. The Morgan fingerprint density at radius 3 is 2.35 bits per heavy atom. The second-order valence-electron chi connectivity index (χ2n) is 8.79. The molecular weight excluding hydrogens is 412 g/mol. The lowest BCUT2D eigenvalue weighted by Crippen LogP contribution is -2.52. The Labute approximate surface area is 190 Å². The zero-order valence-corrected chi connectivity index (χ0v) is 19.8. The molecule has 2 aromatic carbocycles. The second kappa shape index (κ2) is 11.2. The van der Waals surface area contributed by atoms with E-state index in [4.69, 9.17) is 16.3 Å². The number of nitrogens with one attached hydrogen (secondary N) is 1. The molecule has 0 aliphatic carbocycles. The maximum Gasteiger partial charge on any atom is 0.242 e. The summed E-state index contributed by atoms with van der Waals surface area (Å²) in [6, 6.07) is 14.6. The monoisotopic (exact) mass is 444 g/mol. The average Bonchev–Trinajstić information content (AvgIpc) is 2.70. The number of amides is 2. The molecule has 6 heteroatoms. The van der Waals surface area contributed by atoms with Gasteiger partial charge < -0.3 is 15.0 Å². The van der Waals surface area contributed by atoms with Crippen LogP contribution < -0.4 is 10.1 Å². The fourth-order valence-corrected chi connectivity index (χ4v) is 3.25. The summed E-state index contributed by atoms with van der Waals surface area (Å²) in [7, 11) is 0. The first-order valence-electron chi connectivity index (χ1n) is 10.6. The van der Waals surface area contributed by atoms with Crippen LogP contribution in [0.4, 0.5) is 0 Å². The standard InChI is InChI=1S/C25H33ClN2O3/c1-18-12-14-21(15-13-18)31-16-8-11-23(29)28(17-20-9-6-7-10-22(20)26)19(2)24(30)27-25(3,4)5/h6-7,9-10,12-15,19H,8,11,16-17H2,1-5H3,(H,27,30). The zero-order chi connectivity index (χ0) is 23.0. The van der Waals surface area contributed by atoms with Crippen LogP contribution in [0.5, 0.6) is 5.75 Å². The van der Waals surface area contributed by atoms with Gasteiger partial charge in [-0.2, -0.15) is 0 Å². The molecule has 1 N–H and O–H groups in total. The van der Waals surface area contributed by atoms with Gasteiger partial charge in [0.05, 0.1) is 6.61 Å². The molecule has 0 aromatic heterocycles. The van der Waals surface area contributed by atoms with E-state index in [0.717, 1.165) is 11.3 Å². The summed E-state index contributed by atoms with van der Waals surface area (Å²) in [5.74, 6) is 0.483. The zero-order valence-electron chi connectivity index (χ0n) is 19.1. The average molecular weight is 445 g/mol. The number of benzene rings is 2. The number of ether oxygens (including phenoxy) is 1. The maximum atomic E-state index is 13.1. The van der Waals surface area contributed by atoms with Crippen molar-refractivity contribution < 1.29 is 14.3 Å². The van der Waals surface area contributed by atoms with Crippen molar-refractivity contribution in [2.24, 2.45) is 0 Å². The Hall–Kier alpha value is -2.53. The van der Waals surface area contributed by atoms with Gasteiger partial charge in [-0.1, -0.05) is 47.5 Å². The normalized spacial score (nSPS) is 12.2. The highest BCUT2D eigenvalue weighted by Crippen LogP contribution is 2.20. The summed E-state index contributed by atoms with van der Waals surface area (Å²) >= 11 is 6.31. The number of hydrogen-bond acceptors (Lipinski definition) is 3. The lowest BCUT2D eigenvalue weighted by Gasteiger charge is -2.31. The van der Waals surface area contributed by atoms with Gasteiger partial charge in [-0.15, -0.1) is 0 Å². The van der Waals surface area contributed by atoms with Gasteiger partial charge in [-0.3, -0.25) is 9.59 Å². The van der Waals surface area contributed by atoms with Crippen molar-refractivity contribution in [3.8, 4) is 5.75 Å². The van der Waals surface area contributed by atoms with E-state index in [1.54, 1.807) is 17.9 Å². The third kappa shape index (κ3) is 8.25. The molecule has 2 aromatic rings. The van der Waals surface area contributed by atoms with Crippen LogP contribution in [0.15, 0.2) is 48.5 Å². The molecule has 2 amide bonds. The number of aryl methyl sites for hydroxylation is 1. The molecule has 0 spiro atoms. The van der Waals surface area contributed by atoms with Crippen molar-refractivity contribution in [1.29, 1.82) is 0 Å². The SMILES string of the molecule is Cc1ccc(OCCCC(=O)N(Cc2ccccc2Cl)C(C)C(=O)NC(C)(C)C)cc1. The van der Waals surface area contributed by atoms with E-state index in [1.165, 1.54) is 5.56 Å². The molecule has 31 heavy (non-hydrogen) atoms. The number of hydrogen-bond donors (Lipinski definition) is 1. The number of carbonyl (C=O) groups is 2. The molecule has 2 rings (SSSR count). The molecule has 0 aliphatic heterocycles. The highest BCUT2D eigenvalue weighted by atomic mass is 35.5. The topological polar surface area (TPSA) is 58.6 Å².